The van der Waals surface area contributed by atoms with E-state index in [1.165, 1.54) is 0 Å². The van der Waals surface area contributed by atoms with Gasteiger partial charge >= 0.3 is 0 Å². The van der Waals surface area contributed by atoms with Crippen LogP contribution in [0.25, 0.3) is 11.5 Å². The number of hydrogen-bond donors (Lipinski definition) is 0. The highest BCUT2D eigenvalue weighted by atomic mass is 35.5. The Labute approximate surface area is 141 Å². The third-order valence-corrected chi connectivity index (χ3v) is 3.59. The molecule has 4 nitrogen and oxygen atoms in total. The summed E-state index contributed by atoms with van der Waals surface area (Å²) in [6.45, 7) is 0.113. The Morgan fingerprint density at radius 3 is 2.36 bits per heavy atom. The molecule has 7 heteroatoms. The van der Waals surface area contributed by atoms with Crippen molar-refractivity contribution in [2.45, 2.75) is 6.61 Å². The second-order valence-electron chi connectivity index (χ2n) is 4.37. The van der Waals surface area contributed by atoms with Crippen LogP contribution in [0, 0.1) is 0 Å². The Hall–Kier alpha value is -1.75. The summed E-state index contributed by atoms with van der Waals surface area (Å²) in [7, 11) is 0. The standard InChI is InChI=1S/C15H9Cl3N2O2/c16-10-3-1-9(2-4-10)15-20-19-14(22-15)8-21-13-6-5-11(17)7-12(13)18/h1-7H,8H2. The van der Waals surface area contributed by atoms with Crippen LogP contribution in [0.1, 0.15) is 5.89 Å². The monoisotopic (exact) mass is 354 g/mol. The van der Waals surface area contributed by atoms with Crippen LogP contribution in [0.3, 0.4) is 0 Å². The summed E-state index contributed by atoms with van der Waals surface area (Å²) < 4.78 is 11.1. The zero-order valence-corrected chi connectivity index (χ0v) is 13.4. The lowest BCUT2D eigenvalue weighted by atomic mass is 10.2. The smallest absolute Gasteiger partial charge is 0.254 e. The maximum Gasteiger partial charge on any atom is 0.254 e. The highest BCUT2D eigenvalue weighted by Crippen LogP contribution is 2.28. The van der Waals surface area contributed by atoms with E-state index in [4.69, 9.17) is 44.0 Å². The number of benzene rings is 2. The third-order valence-electron chi connectivity index (χ3n) is 2.80. The van der Waals surface area contributed by atoms with Gasteiger partial charge < -0.3 is 9.15 Å². The van der Waals surface area contributed by atoms with Crippen LogP contribution in [0.15, 0.2) is 46.9 Å². The van der Waals surface area contributed by atoms with Gasteiger partial charge in [-0.25, -0.2) is 0 Å². The van der Waals surface area contributed by atoms with Gasteiger partial charge in [0.1, 0.15) is 5.75 Å². The van der Waals surface area contributed by atoms with Crippen LogP contribution in [-0.2, 0) is 6.61 Å². The lowest BCUT2D eigenvalue weighted by molar-refractivity contribution is 0.264. The fourth-order valence-electron chi connectivity index (χ4n) is 1.75. The SMILES string of the molecule is Clc1ccc(-c2nnc(COc3ccc(Cl)cc3Cl)o2)cc1. The van der Waals surface area contributed by atoms with Crippen LogP contribution < -0.4 is 4.74 Å². The molecular formula is C15H9Cl3N2O2. The first kappa shape index (κ1) is 15.2. The van der Waals surface area contributed by atoms with Crippen molar-refractivity contribution in [3.8, 4) is 17.2 Å². The predicted molar refractivity (Wildman–Crippen MR) is 85.5 cm³/mol. The van der Waals surface area contributed by atoms with Crippen molar-refractivity contribution in [1.82, 2.24) is 10.2 Å². The molecule has 112 valence electrons. The molecule has 3 aromatic rings. The molecule has 0 saturated heterocycles. The number of aromatic nitrogens is 2. The minimum atomic E-state index is 0.113. The summed E-state index contributed by atoms with van der Waals surface area (Å²) in [5, 5.41) is 9.51. The molecule has 0 aliphatic carbocycles. The lowest BCUT2D eigenvalue weighted by Gasteiger charge is -2.05. The van der Waals surface area contributed by atoms with Crippen molar-refractivity contribution in [3.63, 3.8) is 0 Å². The minimum Gasteiger partial charge on any atom is -0.482 e. The molecule has 0 saturated carbocycles. The maximum absolute atomic E-state index is 6.02. The molecule has 0 spiro atoms. The van der Waals surface area contributed by atoms with E-state index in [2.05, 4.69) is 10.2 Å². The summed E-state index contributed by atoms with van der Waals surface area (Å²) in [5.41, 5.74) is 0.785. The molecule has 1 heterocycles. The third kappa shape index (κ3) is 3.53. The van der Waals surface area contributed by atoms with E-state index in [1.54, 1.807) is 42.5 Å². The van der Waals surface area contributed by atoms with Crippen LogP contribution in [0.5, 0.6) is 5.75 Å². The minimum absolute atomic E-state index is 0.113. The quantitative estimate of drug-likeness (QED) is 0.639. The predicted octanol–water partition coefficient (Wildman–Crippen LogP) is 5.28. The number of hydrogen-bond acceptors (Lipinski definition) is 4. The van der Waals surface area contributed by atoms with Gasteiger partial charge in [0.25, 0.3) is 5.89 Å². The van der Waals surface area contributed by atoms with E-state index in [0.717, 1.165) is 5.56 Å². The van der Waals surface area contributed by atoms with Gasteiger partial charge in [0, 0.05) is 15.6 Å². The van der Waals surface area contributed by atoms with Gasteiger partial charge in [-0.1, -0.05) is 34.8 Å². The molecule has 1 aromatic heterocycles. The summed E-state index contributed by atoms with van der Waals surface area (Å²) in [6, 6.07) is 12.1. The lowest BCUT2D eigenvalue weighted by Crippen LogP contribution is -1.96. The van der Waals surface area contributed by atoms with E-state index < -0.39 is 0 Å². The number of rotatable bonds is 4. The van der Waals surface area contributed by atoms with Crippen molar-refractivity contribution >= 4 is 34.8 Å². The van der Waals surface area contributed by atoms with Crippen molar-refractivity contribution < 1.29 is 9.15 Å². The Kier molecular flexibility index (Phi) is 4.52. The first-order chi connectivity index (χ1) is 10.6. The molecule has 0 aliphatic rings. The highest BCUT2D eigenvalue weighted by Gasteiger charge is 2.10. The zero-order chi connectivity index (χ0) is 15.5. The molecule has 0 N–H and O–H groups in total. The summed E-state index contributed by atoms with van der Waals surface area (Å²) in [5.74, 6) is 1.24. The first-order valence-electron chi connectivity index (χ1n) is 6.28. The molecule has 0 amide bonds. The van der Waals surface area contributed by atoms with Gasteiger partial charge in [-0.2, -0.15) is 0 Å². The van der Waals surface area contributed by atoms with Gasteiger partial charge in [0.2, 0.25) is 5.89 Å². The van der Waals surface area contributed by atoms with E-state index in [9.17, 15) is 0 Å². The number of ether oxygens (including phenoxy) is 1. The molecule has 2 aromatic carbocycles. The number of nitrogens with zero attached hydrogens (tertiary/aromatic N) is 2. The summed E-state index contributed by atoms with van der Waals surface area (Å²) in [4.78, 5) is 0. The van der Waals surface area contributed by atoms with Crippen LogP contribution >= 0.6 is 34.8 Å². The van der Waals surface area contributed by atoms with Gasteiger partial charge in [0.15, 0.2) is 6.61 Å². The van der Waals surface area contributed by atoms with E-state index >= 15 is 0 Å². The summed E-state index contributed by atoms with van der Waals surface area (Å²) in [6.07, 6.45) is 0. The fourth-order valence-corrected chi connectivity index (χ4v) is 2.34. The molecular weight excluding hydrogens is 347 g/mol. The molecule has 0 atom stereocenters. The molecule has 3 rings (SSSR count). The number of halogens is 3. The molecule has 0 bridgehead atoms. The Morgan fingerprint density at radius 1 is 0.909 bits per heavy atom. The van der Waals surface area contributed by atoms with Gasteiger partial charge in [0.05, 0.1) is 5.02 Å². The van der Waals surface area contributed by atoms with Crippen LogP contribution in [0.4, 0.5) is 0 Å². The van der Waals surface area contributed by atoms with E-state index in [-0.39, 0.29) is 6.61 Å². The molecule has 0 radical (unpaired) electrons. The van der Waals surface area contributed by atoms with Crippen LogP contribution in [-0.4, -0.2) is 10.2 Å². The largest absolute Gasteiger partial charge is 0.482 e. The second kappa shape index (κ2) is 6.57. The molecule has 22 heavy (non-hydrogen) atoms. The Bertz CT molecular complexity index is 788. The fraction of sp³-hybridized carbons (Fsp3) is 0.0667. The zero-order valence-electron chi connectivity index (χ0n) is 11.1. The van der Waals surface area contributed by atoms with Crippen molar-refractivity contribution in [2.75, 3.05) is 0 Å². The van der Waals surface area contributed by atoms with Gasteiger partial charge in [-0.15, -0.1) is 10.2 Å². The highest BCUT2D eigenvalue weighted by molar-refractivity contribution is 6.35. The van der Waals surface area contributed by atoms with Crippen LogP contribution in [0.2, 0.25) is 15.1 Å². The van der Waals surface area contributed by atoms with Crippen molar-refractivity contribution in [1.29, 1.82) is 0 Å². The normalized spacial score (nSPS) is 10.7. The van der Waals surface area contributed by atoms with Crippen molar-refractivity contribution in [2.24, 2.45) is 0 Å². The maximum atomic E-state index is 6.02. The first-order valence-corrected chi connectivity index (χ1v) is 7.41. The molecule has 0 aliphatic heterocycles. The van der Waals surface area contributed by atoms with Crippen molar-refractivity contribution in [3.05, 3.63) is 63.4 Å². The van der Waals surface area contributed by atoms with Gasteiger partial charge in [-0.05, 0) is 42.5 Å². The second-order valence-corrected chi connectivity index (χ2v) is 5.65. The van der Waals surface area contributed by atoms with E-state index in [0.29, 0.717) is 32.6 Å². The average molecular weight is 356 g/mol. The average Bonchev–Trinajstić information content (AvgIpc) is 2.96. The van der Waals surface area contributed by atoms with E-state index in [1.807, 2.05) is 0 Å². The Morgan fingerprint density at radius 2 is 1.64 bits per heavy atom. The molecule has 0 unspecified atom stereocenters. The molecule has 0 fully saturated rings. The van der Waals surface area contributed by atoms with Gasteiger partial charge in [-0.3, -0.25) is 0 Å². The Balaban J connectivity index is 1.70. The summed E-state index contributed by atoms with van der Waals surface area (Å²) >= 11 is 17.7. The topological polar surface area (TPSA) is 48.2 Å².